The van der Waals surface area contributed by atoms with Crippen LogP contribution >= 0.6 is 0 Å². The number of carboxylic acid groups (broad SMARTS) is 2. The predicted molar refractivity (Wildman–Crippen MR) is 109 cm³/mol. The molecule has 1 aromatic rings. The van der Waals surface area contributed by atoms with E-state index < -0.39 is 42.0 Å². The van der Waals surface area contributed by atoms with Crippen LogP contribution in [0.15, 0.2) is 30.3 Å². The lowest BCUT2D eigenvalue weighted by Gasteiger charge is -2.25. The molecule has 1 aliphatic rings. The highest BCUT2D eigenvalue weighted by Gasteiger charge is 2.46. The second-order valence-corrected chi connectivity index (χ2v) is 7.96. The Labute approximate surface area is 175 Å². The smallest absolute Gasteiger partial charge is 0.328 e. The normalized spacial score (nSPS) is 18.5. The number of carboxylic acids is 2. The third-order valence-corrected chi connectivity index (χ3v) is 5.07. The minimum absolute atomic E-state index is 0.128. The molecule has 1 aliphatic heterocycles. The number of amides is 3. The van der Waals surface area contributed by atoms with Crippen molar-refractivity contribution in [3.05, 3.63) is 35.9 Å². The summed E-state index contributed by atoms with van der Waals surface area (Å²) >= 11 is 0. The number of nitrogens with one attached hydrogen (secondary N) is 1. The summed E-state index contributed by atoms with van der Waals surface area (Å²) in [5.41, 5.74) is 0.815. The molecular formula is C21H29N3O6. The number of hydrogen-bond acceptors (Lipinski definition) is 5. The minimum Gasteiger partial charge on any atom is -0.480 e. The standard InChI is InChI=1S/C21H29N3O6/c1-13(2)9-10-16(19(26)27)22-14(3)18(25)24-17(20(28)29)12-23(21(24)30)11-15-7-5-4-6-8-15/h4-8,13-14,16-17,22H,9-12H2,1-3H3,(H,26,27)(H,28,29)/t14-,16-,17-/m0/s1. The van der Waals surface area contributed by atoms with E-state index in [1.54, 1.807) is 0 Å². The topological polar surface area (TPSA) is 127 Å². The molecule has 1 fully saturated rings. The zero-order valence-electron chi connectivity index (χ0n) is 17.4. The van der Waals surface area contributed by atoms with Gasteiger partial charge in [-0.1, -0.05) is 44.2 Å². The van der Waals surface area contributed by atoms with Gasteiger partial charge < -0.3 is 15.1 Å². The first-order chi connectivity index (χ1) is 14.1. The molecule has 30 heavy (non-hydrogen) atoms. The van der Waals surface area contributed by atoms with E-state index in [9.17, 15) is 29.4 Å². The molecule has 164 valence electrons. The van der Waals surface area contributed by atoms with E-state index >= 15 is 0 Å². The Morgan fingerprint density at radius 1 is 1.10 bits per heavy atom. The Kier molecular flexibility index (Phi) is 7.93. The first kappa shape index (κ1) is 23.3. The highest BCUT2D eigenvalue weighted by atomic mass is 16.4. The van der Waals surface area contributed by atoms with E-state index in [4.69, 9.17) is 0 Å². The number of benzene rings is 1. The average molecular weight is 419 g/mol. The number of imide groups is 1. The van der Waals surface area contributed by atoms with Gasteiger partial charge in [-0.15, -0.1) is 0 Å². The van der Waals surface area contributed by atoms with Crippen LogP contribution in [0.4, 0.5) is 4.79 Å². The summed E-state index contributed by atoms with van der Waals surface area (Å²) in [5, 5.41) is 21.7. The van der Waals surface area contributed by atoms with Crippen LogP contribution < -0.4 is 5.32 Å². The van der Waals surface area contributed by atoms with Gasteiger partial charge in [-0.3, -0.25) is 14.9 Å². The zero-order valence-corrected chi connectivity index (χ0v) is 17.4. The maximum atomic E-state index is 12.9. The van der Waals surface area contributed by atoms with E-state index in [0.29, 0.717) is 18.8 Å². The molecule has 2 rings (SSSR count). The lowest BCUT2D eigenvalue weighted by atomic mass is 10.0. The Morgan fingerprint density at radius 3 is 2.27 bits per heavy atom. The number of nitrogens with zero attached hydrogens (tertiary/aromatic N) is 2. The molecule has 3 N–H and O–H groups in total. The van der Waals surface area contributed by atoms with Gasteiger partial charge >= 0.3 is 18.0 Å². The quantitative estimate of drug-likeness (QED) is 0.527. The van der Waals surface area contributed by atoms with Crippen molar-refractivity contribution in [2.45, 2.75) is 58.3 Å². The van der Waals surface area contributed by atoms with E-state index in [2.05, 4.69) is 5.32 Å². The molecule has 9 nitrogen and oxygen atoms in total. The molecule has 3 atom stereocenters. The van der Waals surface area contributed by atoms with Crippen molar-refractivity contribution in [1.29, 1.82) is 0 Å². The van der Waals surface area contributed by atoms with E-state index in [0.717, 1.165) is 10.5 Å². The van der Waals surface area contributed by atoms with Crippen LogP contribution in [0.1, 0.15) is 39.2 Å². The number of aliphatic carboxylic acids is 2. The largest absolute Gasteiger partial charge is 0.480 e. The van der Waals surface area contributed by atoms with Crippen molar-refractivity contribution < 1.29 is 29.4 Å². The van der Waals surface area contributed by atoms with Gasteiger partial charge in [-0.05, 0) is 31.2 Å². The van der Waals surface area contributed by atoms with Crippen LogP contribution in [0.5, 0.6) is 0 Å². The van der Waals surface area contributed by atoms with Gasteiger partial charge in [0.25, 0.3) is 0 Å². The molecule has 1 heterocycles. The molecule has 0 radical (unpaired) electrons. The molecule has 0 spiro atoms. The number of carbonyl (C=O) groups excluding carboxylic acids is 2. The molecule has 0 aliphatic carbocycles. The highest BCUT2D eigenvalue weighted by molar-refractivity contribution is 6.02. The summed E-state index contributed by atoms with van der Waals surface area (Å²) in [6, 6.07) is 5.06. The minimum atomic E-state index is -1.32. The fourth-order valence-corrected chi connectivity index (χ4v) is 3.39. The molecule has 0 saturated carbocycles. The van der Waals surface area contributed by atoms with E-state index in [-0.39, 0.29) is 13.1 Å². The first-order valence-corrected chi connectivity index (χ1v) is 9.99. The van der Waals surface area contributed by atoms with Gasteiger partial charge in [-0.25, -0.2) is 14.5 Å². The fraction of sp³-hybridized carbons (Fsp3) is 0.524. The Balaban J connectivity index is 2.13. The molecule has 9 heteroatoms. The monoisotopic (exact) mass is 419 g/mol. The maximum Gasteiger partial charge on any atom is 0.328 e. The van der Waals surface area contributed by atoms with Crippen molar-refractivity contribution in [2.75, 3.05) is 6.54 Å². The predicted octanol–water partition coefficient (Wildman–Crippen LogP) is 1.77. The molecule has 0 bridgehead atoms. The van der Waals surface area contributed by atoms with Gasteiger partial charge in [0, 0.05) is 6.54 Å². The summed E-state index contributed by atoms with van der Waals surface area (Å²) in [5.74, 6) is -2.83. The van der Waals surface area contributed by atoms with Gasteiger partial charge in [-0.2, -0.15) is 0 Å². The van der Waals surface area contributed by atoms with Gasteiger partial charge in [0.15, 0.2) is 6.04 Å². The molecule has 1 saturated heterocycles. The Bertz CT molecular complexity index is 782. The summed E-state index contributed by atoms with van der Waals surface area (Å²) in [4.78, 5) is 51.0. The summed E-state index contributed by atoms with van der Waals surface area (Å²) in [6.07, 6.45) is 0.969. The molecule has 0 aromatic heterocycles. The third kappa shape index (κ3) is 5.79. The van der Waals surface area contributed by atoms with Crippen LogP contribution in [0.2, 0.25) is 0 Å². The second-order valence-electron chi connectivity index (χ2n) is 7.96. The molecule has 3 amide bonds. The average Bonchev–Trinajstić information content (AvgIpc) is 3.01. The van der Waals surface area contributed by atoms with Gasteiger partial charge in [0.1, 0.15) is 6.04 Å². The Morgan fingerprint density at radius 2 is 1.73 bits per heavy atom. The van der Waals surface area contributed by atoms with E-state index in [1.165, 1.54) is 11.8 Å². The van der Waals surface area contributed by atoms with Crippen LogP contribution in [0.3, 0.4) is 0 Å². The van der Waals surface area contributed by atoms with Gasteiger partial charge in [0.05, 0.1) is 12.6 Å². The lowest BCUT2D eigenvalue weighted by Crippen LogP contribution is -2.54. The van der Waals surface area contributed by atoms with E-state index in [1.807, 2.05) is 44.2 Å². The van der Waals surface area contributed by atoms with Crippen LogP contribution in [0.25, 0.3) is 0 Å². The fourth-order valence-electron chi connectivity index (χ4n) is 3.39. The van der Waals surface area contributed by atoms with Crippen molar-refractivity contribution in [3.8, 4) is 0 Å². The third-order valence-electron chi connectivity index (χ3n) is 5.07. The highest BCUT2D eigenvalue weighted by Crippen LogP contribution is 2.21. The number of urea groups is 1. The van der Waals surface area contributed by atoms with Crippen molar-refractivity contribution in [2.24, 2.45) is 5.92 Å². The van der Waals surface area contributed by atoms with Gasteiger partial charge in [0.2, 0.25) is 5.91 Å². The van der Waals surface area contributed by atoms with Crippen molar-refractivity contribution in [3.63, 3.8) is 0 Å². The number of rotatable bonds is 10. The number of carbonyl (C=O) groups is 4. The van der Waals surface area contributed by atoms with Crippen LogP contribution in [-0.2, 0) is 20.9 Å². The molecule has 0 unspecified atom stereocenters. The maximum absolute atomic E-state index is 12.9. The Hall–Kier alpha value is -2.94. The van der Waals surface area contributed by atoms with Crippen LogP contribution in [0, 0.1) is 5.92 Å². The zero-order chi connectivity index (χ0) is 22.4. The molecular weight excluding hydrogens is 390 g/mol. The lowest BCUT2D eigenvalue weighted by molar-refractivity contribution is -0.147. The summed E-state index contributed by atoms with van der Waals surface area (Å²) < 4.78 is 0. The summed E-state index contributed by atoms with van der Waals surface area (Å²) in [6.45, 7) is 5.43. The molecule has 1 aromatic carbocycles. The number of hydrogen-bond donors (Lipinski definition) is 3. The van der Waals surface area contributed by atoms with Crippen LogP contribution in [-0.4, -0.2) is 68.6 Å². The van der Waals surface area contributed by atoms with Crippen molar-refractivity contribution in [1.82, 2.24) is 15.1 Å². The summed E-state index contributed by atoms with van der Waals surface area (Å²) in [7, 11) is 0. The SMILES string of the molecule is CC(C)CC[C@H](N[C@@H](C)C(=O)N1C(=O)N(Cc2ccccc2)C[C@H]1C(=O)O)C(=O)O. The second kappa shape index (κ2) is 10.2. The first-order valence-electron chi connectivity index (χ1n) is 9.99. The van der Waals surface area contributed by atoms with Crippen molar-refractivity contribution >= 4 is 23.9 Å².